The second-order valence-corrected chi connectivity index (χ2v) is 8.07. The van der Waals surface area contributed by atoms with Crippen LogP contribution in [0.3, 0.4) is 0 Å². The minimum Gasteiger partial charge on any atom is -0.330 e. The third-order valence-corrected chi connectivity index (χ3v) is 6.22. The molecule has 0 aliphatic heterocycles. The Kier molecular flexibility index (Phi) is 4.53. The van der Waals surface area contributed by atoms with E-state index in [0.717, 1.165) is 28.0 Å². The number of pyridine rings is 1. The van der Waals surface area contributed by atoms with Crippen LogP contribution in [0.1, 0.15) is 24.8 Å². The molecule has 144 valence electrons. The zero-order chi connectivity index (χ0) is 19.8. The molecule has 4 nitrogen and oxygen atoms in total. The summed E-state index contributed by atoms with van der Waals surface area (Å²) in [5.74, 6) is 0. The van der Waals surface area contributed by atoms with Crippen molar-refractivity contribution in [2.75, 3.05) is 6.54 Å². The lowest BCUT2D eigenvalue weighted by molar-refractivity contribution is 0.253. The number of benzene rings is 2. The maximum Gasteiger partial charge on any atom is 0.180 e. The molecular formula is C24H21ClN4. The van der Waals surface area contributed by atoms with Crippen LogP contribution < -0.4 is 5.73 Å². The lowest BCUT2D eigenvalue weighted by Crippen LogP contribution is -2.41. The molecule has 0 bridgehead atoms. The number of fused-ring (bicyclic) bond motifs is 1. The molecule has 0 spiro atoms. The van der Waals surface area contributed by atoms with Crippen molar-refractivity contribution in [3.05, 3.63) is 77.4 Å². The molecule has 1 aliphatic carbocycles. The maximum atomic E-state index is 6.08. The van der Waals surface area contributed by atoms with E-state index in [2.05, 4.69) is 29.2 Å². The lowest BCUT2D eigenvalue weighted by Gasteiger charge is -2.41. The Balaban J connectivity index is 1.66. The molecule has 1 fully saturated rings. The molecule has 2 N–H and O–H groups in total. The SMILES string of the molecule is NCC1(c2ccc(-c3nc4ccc(Cl)nc4nc3-c3ccccc3)cc2)CCC1. The van der Waals surface area contributed by atoms with Crippen molar-refractivity contribution in [1.82, 2.24) is 15.0 Å². The molecule has 0 saturated heterocycles. The number of aromatic nitrogens is 3. The highest BCUT2D eigenvalue weighted by Crippen LogP contribution is 2.43. The van der Waals surface area contributed by atoms with Crippen LogP contribution in [-0.2, 0) is 5.41 Å². The molecule has 5 heteroatoms. The first kappa shape index (κ1) is 18.2. The molecular weight excluding hydrogens is 380 g/mol. The summed E-state index contributed by atoms with van der Waals surface area (Å²) >= 11 is 6.08. The molecule has 1 aliphatic rings. The van der Waals surface area contributed by atoms with E-state index >= 15 is 0 Å². The lowest BCUT2D eigenvalue weighted by atomic mass is 9.64. The summed E-state index contributed by atoms with van der Waals surface area (Å²) in [7, 11) is 0. The third-order valence-electron chi connectivity index (χ3n) is 6.01. The Hall–Kier alpha value is -2.82. The van der Waals surface area contributed by atoms with E-state index < -0.39 is 0 Å². The molecule has 29 heavy (non-hydrogen) atoms. The largest absolute Gasteiger partial charge is 0.330 e. The topological polar surface area (TPSA) is 64.7 Å². The molecule has 0 atom stereocenters. The van der Waals surface area contributed by atoms with Crippen molar-refractivity contribution >= 4 is 22.8 Å². The summed E-state index contributed by atoms with van der Waals surface area (Å²) in [5.41, 5.74) is 12.5. The summed E-state index contributed by atoms with van der Waals surface area (Å²) in [5, 5.41) is 0.412. The normalized spacial score (nSPS) is 15.2. The number of nitrogens with zero attached hydrogens (tertiary/aromatic N) is 3. The Bertz CT molecular complexity index is 1160. The number of nitrogens with two attached hydrogens (primary N) is 1. The van der Waals surface area contributed by atoms with Gasteiger partial charge in [-0.15, -0.1) is 0 Å². The first-order chi connectivity index (χ1) is 14.2. The van der Waals surface area contributed by atoms with Crippen LogP contribution in [0.15, 0.2) is 66.7 Å². The Morgan fingerprint density at radius 2 is 1.48 bits per heavy atom. The van der Waals surface area contributed by atoms with Crippen LogP contribution in [-0.4, -0.2) is 21.5 Å². The molecule has 1 saturated carbocycles. The fourth-order valence-corrected chi connectivity index (χ4v) is 4.26. The Morgan fingerprint density at radius 1 is 0.793 bits per heavy atom. The Labute approximate surface area is 174 Å². The van der Waals surface area contributed by atoms with E-state index in [4.69, 9.17) is 27.3 Å². The predicted molar refractivity (Wildman–Crippen MR) is 118 cm³/mol. The number of halogens is 1. The second kappa shape index (κ2) is 7.21. The number of hydrogen-bond donors (Lipinski definition) is 1. The van der Waals surface area contributed by atoms with Gasteiger partial charge in [0, 0.05) is 23.1 Å². The van der Waals surface area contributed by atoms with Crippen molar-refractivity contribution in [3.63, 3.8) is 0 Å². The summed E-state index contributed by atoms with van der Waals surface area (Å²) in [6.45, 7) is 0.698. The van der Waals surface area contributed by atoms with Gasteiger partial charge in [-0.05, 0) is 30.5 Å². The Morgan fingerprint density at radius 3 is 2.14 bits per heavy atom. The summed E-state index contributed by atoms with van der Waals surface area (Å²) < 4.78 is 0. The fraction of sp³-hybridized carbons (Fsp3) is 0.208. The van der Waals surface area contributed by atoms with E-state index in [9.17, 15) is 0 Å². The van der Waals surface area contributed by atoms with Gasteiger partial charge < -0.3 is 5.73 Å². The zero-order valence-electron chi connectivity index (χ0n) is 16.0. The second-order valence-electron chi connectivity index (χ2n) is 7.68. The molecule has 0 amide bonds. The van der Waals surface area contributed by atoms with Crippen molar-refractivity contribution in [1.29, 1.82) is 0 Å². The standard InChI is InChI=1S/C24H21ClN4/c25-20-12-11-19-23(28-20)29-22(16-5-2-1-3-6-16)21(27-19)17-7-9-18(10-8-17)24(15-26)13-4-14-24/h1-3,5-12H,4,13-15,26H2. The maximum absolute atomic E-state index is 6.08. The molecule has 0 radical (unpaired) electrons. The van der Waals surface area contributed by atoms with E-state index in [1.54, 1.807) is 6.07 Å². The number of hydrogen-bond acceptors (Lipinski definition) is 4. The van der Waals surface area contributed by atoms with Gasteiger partial charge in [-0.3, -0.25) is 0 Å². The van der Waals surface area contributed by atoms with Gasteiger partial charge in [0.15, 0.2) is 5.65 Å². The van der Waals surface area contributed by atoms with Gasteiger partial charge in [-0.1, -0.05) is 72.6 Å². The van der Waals surface area contributed by atoms with E-state index in [0.29, 0.717) is 17.3 Å². The van der Waals surface area contributed by atoms with Crippen molar-refractivity contribution < 1.29 is 0 Å². The van der Waals surface area contributed by atoms with Gasteiger partial charge >= 0.3 is 0 Å². The molecule has 2 aromatic heterocycles. The van der Waals surface area contributed by atoms with E-state index in [1.807, 2.05) is 36.4 Å². The first-order valence-electron chi connectivity index (χ1n) is 9.89. The summed E-state index contributed by atoms with van der Waals surface area (Å²) in [4.78, 5) is 14.1. The van der Waals surface area contributed by atoms with Crippen molar-refractivity contribution in [2.24, 2.45) is 5.73 Å². The van der Waals surface area contributed by atoms with Gasteiger partial charge in [-0.25, -0.2) is 15.0 Å². The highest BCUT2D eigenvalue weighted by Gasteiger charge is 2.37. The minimum absolute atomic E-state index is 0.149. The molecule has 2 heterocycles. The van der Waals surface area contributed by atoms with Crippen LogP contribution >= 0.6 is 11.6 Å². The summed E-state index contributed by atoms with van der Waals surface area (Å²) in [6, 6.07) is 22.3. The average Bonchev–Trinajstić information content (AvgIpc) is 2.73. The van der Waals surface area contributed by atoms with Gasteiger partial charge in [0.05, 0.1) is 11.4 Å². The predicted octanol–water partition coefficient (Wildman–Crippen LogP) is 5.39. The van der Waals surface area contributed by atoms with Gasteiger partial charge in [0.25, 0.3) is 0 Å². The average molecular weight is 401 g/mol. The smallest absolute Gasteiger partial charge is 0.180 e. The number of rotatable bonds is 4. The highest BCUT2D eigenvalue weighted by molar-refractivity contribution is 6.29. The van der Waals surface area contributed by atoms with Crippen LogP contribution in [0.5, 0.6) is 0 Å². The van der Waals surface area contributed by atoms with Gasteiger partial charge in [0.2, 0.25) is 0 Å². The molecule has 5 rings (SSSR count). The molecule has 2 aromatic carbocycles. The molecule has 0 unspecified atom stereocenters. The van der Waals surface area contributed by atoms with Gasteiger partial charge in [-0.2, -0.15) is 0 Å². The quantitative estimate of drug-likeness (QED) is 0.466. The van der Waals surface area contributed by atoms with Crippen molar-refractivity contribution in [3.8, 4) is 22.5 Å². The van der Waals surface area contributed by atoms with Crippen LogP contribution in [0.4, 0.5) is 0 Å². The van der Waals surface area contributed by atoms with E-state index in [1.165, 1.54) is 24.8 Å². The monoisotopic (exact) mass is 400 g/mol. The zero-order valence-corrected chi connectivity index (χ0v) is 16.7. The molecule has 4 aromatic rings. The van der Waals surface area contributed by atoms with Gasteiger partial charge in [0.1, 0.15) is 10.7 Å². The fourth-order valence-electron chi connectivity index (χ4n) is 4.11. The van der Waals surface area contributed by atoms with Crippen molar-refractivity contribution in [2.45, 2.75) is 24.7 Å². The highest BCUT2D eigenvalue weighted by atomic mass is 35.5. The van der Waals surface area contributed by atoms with Crippen LogP contribution in [0.2, 0.25) is 5.15 Å². The van der Waals surface area contributed by atoms with Crippen LogP contribution in [0.25, 0.3) is 33.7 Å². The minimum atomic E-state index is 0.149. The van der Waals surface area contributed by atoms with E-state index in [-0.39, 0.29) is 5.41 Å². The summed E-state index contributed by atoms with van der Waals surface area (Å²) in [6.07, 6.45) is 3.59. The first-order valence-corrected chi connectivity index (χ1v) is 10.3. The third kappa shape index (κ3) is 3.18. The van der Waals surface area contributed by atoms with Crippen LogP contribution in [0, 0.1) is 0 Å².